The normalized spacial score (nSPS) is 14.9. The van der Waals surface area contributed by atoms with Crippen LogP contribution in [0.5, 0.6) is 0 Å². The van der Waals surface area contributed by atoms with E-state index in [9.17, 15) is 4.39 Å². The summed E-state index contributed by atoms with van der Waals surface area (Å²) in [6.45, 7) is 1.92. The maximum atomic E-state index is 13.0. The van der Waals surface area contributed by atoms with E-state index in [0.29, 0.717) is 5.49 Å². The van der Waals surface area contributed by atoms with Crippen molar-refractivity contribution in [1.82, 2.24) is 14.6 Å². The first-order chi connectivity index (χ1) is 11.1. The number of hydrogen-bond donors (Lipinski definition) is 2. The minimum absolute atomic E-state index is 0.281. The Morgan fingerprint density at radius 2 is 2.09 bits per heavy atom. The van der Waals surface area contributed by atoms with Crippen LogP contribution in [-0.4, -0.2) is 28.2 Å². The van der Waals surface area contributed by atoms with Gasteiger partial charge in [-0.2, -0.15) is 0 Å². The smallest absolute Gasteiger partial charge is 0.156 e. The van der Waals surface area contributed by atoms with Gasteiger partial charge in [0.1, 0.15) is 17.0 Å². The number of likely N-dealkylation sites (N-methyl/N-ethyl adjacent to an activating group) is 1. The van der Waals surface area contributed by atoms with Gasteiger partial charge in [0.2, 0.25) is 0 Å². The molecule has 3 aromatic rings. The molecule has 1 aliphatic rings. The number of aromatic nitrogens is 2. The molecule has 3 heterocycles. The zero-order chi connectivity index (χ0) is 16.0. The minimum atomic E-state index is -0.281. The van der Waals surface area contributed by atoms with Crippen LogP contribution in [0.4, 0.5) is 10.1 Å². The molecule has 2 N–H and O–H groups in total. The average Bonchev–Trinajstić information content (AvgIpc) is 2.90. The Bertz CT molecular complexity index is 928. The summed E-state index contributed by atoms with van der Waals surface area (Å²) < 4.78 is 14.6. The third kappa shape index (κ3) is 2.51. The summed E-state index contributed by atoms with van der Waals surface area (Å²) in [5.41, 5.74) is 5.44. The van der Waals surface area contributed by atoms with E-state index in [-0.39, 0.29) is 5.82 Å². The Morgan fingerprint density at radius 1 is 1.30 bits per heavy atom. The average molecular weight is 329 g/mol. The molecular weight excluding hydrogens is 313 g/mol. The van der Waals surface area contributed by atoms with Crippen molar-refractivity contribution in [3.05, 3.63) is 52.3 Å². The van der Waals surface area contributed by atoms with Crippen molar-refractivity contribution >= 4 is 27.2 Å². The van der Waals surface area contributed by atoms with E-state index in [4.69, 9.17) is 5.41 Å². The molecule has 0 bridgehead atoms. The van der Waals surface area contributed by atoms with Gasteiger partial charge in [0.05, 0.1) is 11.1 Å². The lowest BCUT2D eigenvalue weighted by atomic mass is 10.1. The highest BCUT2D eigenvalue weighted by Crippen LogP contribution is 2.31. The summed E-state index contributed by atoms with van der Waals surface area (Å²) in [6, 6.07) is 6.07. The molecule has 0 unspecified atom stereocenters. The quantitative estimate of drug-likeness (QED) is 0.760. The van der Waals surface area contributed by atoms with E-state index in [1.807, 2.05) is 0 Å². The molecule has 0 radical (unpaired) electrons. The first-order valence-corrected chi connectivity index (χ1v) is 8.21. The molecule has 0 aliphatic carbocycles. The molecule has 1 aromatic carbocycles. The fourth-order valence-electron chi connectivity index (χ4n) is 2.89. The van der Waals surface area contributed by atoms with Gasteiger partial charge in [0, 0.05) is 18.0 Å². The van der Waals surface area contributed by atoms with E-state index in [1.165, 1.54) is 22.6 Å². The number of hydrogen-bond acceptors (Lipinski definition) is 5. The van der Waals surface area contributed by atoms with Crippen LogP contribution in [0.15, 0.2) is 30.6 Å². The molecule has 1 aliphatic heterocycles. The molecule has 7 heteroatoms. The Labute approximate surface area is 136 Å². The van der Waals surface area contributed by atoms with E-state index >= 15 is 0 Å². The number of anilines is 1. The second-order valence-electron chi connectivity index (χ2n) is 5.75. The predicted octanol–water partition coefficient (Wildman–Crippen LogP) is 2.58. The van der Waals surface area contributed by atoms with E-state index in [0.717, 1.165) is 35.4 Å². The molecule has 118 valence electrons. The maximum Gasteiger partial charge on any atom is 0.156 e. The van der Waals surface area contributed by atoms with Crippen molar-refractivity contribution in [2.24, 2.45) is 0 Å². The van der Waals surface area contributed by atoms with Crippen LogP contribution >= 0.6 is 11.3 Å². The van der Waals surface area contributed by atoms with Gasteiger partial charge in [-0.15, -0.1) is 11.3 Å². The summed E-state index contributed by atoms with van der Waals surface area (Å²) in [6.07, 6.45) is 2.56. The van der Waals surface area contributed by atoms with Crippen LogP contribution in [0.2, 0.25) is 0 Å². The monoisotopic (exact) mass is 329 g/mol. The van der Waals surface area contributed by atoms with Crippen LogP contribution < -0.4 is 10.9 Å². The highest BCUT2D eigenvalue weighted by molar-refractivity contribution is 7.18. The zero-order valence-electron chi connectivity index (χ0n) is 12.6. The second-order valence-corrected chi connectivity index (χ2v) is 6.84. The van der Waals surface area contributed by atoms with Crippen LogP contribution in [0.25, 0.3) is 10.2 Å². The molecule has 0 amide bonds. The number of halogens is 1. The second kappa shape index (κ2) is 5.43. The lowest BCUT2D eigenvalue weighted by molar-refractivity contribution is 0.318. The topological polar surface area (TPSA) is 56.9 Å². The highest BCUT2D eigenvalue weighted by atomic mass is 32.1. The summed E-state index contributed by atoms with van der Waals surface area (Å²) in [4.78, 5) is 8.99. The largest absolute Gasteiger partial charge is 0.301 e. The van der Waals surface area contributed by atoms with Gasteiger partial charge in [0.15, 0.2) is 5.49 Å². The van der Waals surface area contributed by atoms with Gasteiger partial charge in [0.25, 0.3) is 0 Å². The van der Waals surface area contributed by atoms with Crippen molar-refractivity contribution in [1.29, 1.82) is 5.41 Å². The third-order valence-corrected chi connectivity index (χ3v) is 5.22. The Kier molecular flexibility index (Phi) is 3.39. The number of rotatable bonds is 2. The van der Waals surface area contributed by atoms with Crippen LogP contribution in [0, 0.1) is 11.2 Å². The molecule has 4 rings (SSSR count). The minimum Gasteiger partial charge on any atom is -0.301 e. The summed E-state index contributed by atoms with van der Waals surface area (Å²) in [7, 11) is 2.11. The number of benzene rings is 1. The number of nitrogens with zero attached hydrogens (tertiary/aromatic N) is 3. The van der Waals surface area contributed by atoms with Gasteiger partial charge >= 0.3 is 0 Å². The van der Waals surface area contributed by atoms with Gasteiger partial charge in [-0.25, -0.2) is 14.1 Å². The molecule has 0 saturated heterocycles. The lowest BCUT2D eigenvalue weighted by Gasteiger charge is -2.22. The molecule has 0 atom stereocenters. The van der Waals surface area contributed by atoms with Gasteiger partial charge in [-0.1, -0.05) is 0 Å². The number of fused-ring (bicyclic) bond motifs is 3. The molecule has 0 fully saturated rings. The van der Waals surface area contributed by atoms with Gasteiger partial charge in [-0.05, 0) is 43.3 Å². The first-order valence-electron chi connectivity index (χ1n) is 7.39. The Morgan fingerprint density at radius 3 is 2.87 bits per heavy atom. The first kappa shape index (κ1) is 14.3. The molecule has 0 spiro atoms. The summed E-state index contributed by atoms with van der Waals surface area (Å²) in [5.74, 6) is -0.281. The van der Waals surface area contributed by atoms with E-state index < -0.39 is 0 Å². The summed E-state index contributed by atoms with van der Waals surface area (Å²) in [5, 5.41) is 9.44. The third-order valence-electron chi connectivity index (χ3n) is 4.09. The van der Waals surface area contributed by atoms with Crippen molar-refractivity contribution in [2.45, 2.75) is 13.0 Å². The van der Waals surface area contributed by atoms with E-state index in [2.05, 4.69) is 22.4 Å². The number of thiophene rings is 1. The van der Waals surface area contributed by atoms with Crippen molar-refractivity contribution in [3.63, 3.8) is 0 Å². The molecule has 0 saturated carbocycles. The van der Waals surface area contributed by atoms with E-state index in [1.54, 1.807) is 34.5 Å². The van der Waals surface area contributed by atoms with Crippen molar-refractivity contribution in [3.8, 4) is 0 Å². The molecule has 23 heavy (non-hydrogen) atoms. The standard InChI is InChI=1S/C16H16FN5S/c1-21-7-6-12-13(8-21)23-16-14(12)15(18)22(9-19-16)20-11-4-2-10(17)3-5-11/h2-5,9,18,20H,6-8H2,1H3. The van der Waals surface area contributed by atoms with Crippen LogP contribution in [0.1, 0.15) is 10.4 Å². The van der Waals surface area contributed by atoms with Gasteiger partial charge in [-0.3, -0.25) is 10.8 Å². The lowest BCUT2D eigenvalue weighted by Crippen LogP contribution is -2.29. The molecular formula is C16H16FN5S. The SMILES string of the molecule is CN1CCc2c(sc3ncn(Nc4ccc(F)cc4)c(=N)c23)C1. The Balaban J connectivity index is 1.78. The highest BCUT2D eigenvalue weighted by Gasteiger charge is 2.21. The molecule has 5 nitrogen and oxygen atoms in total. The Hall–Kier alpha value is -2.25. The number of nitrogens with one attached hydrogen (secondary N) is 2. The van der Waals surface area contributed by atoms with Crippen LogP contribution in [-0.2, 0) is 13.0 Å². The fraction of sp³-hybridized carbons (Fsp3) is 0.250. The predicted molar refractivity (Wildman–Crippen MR) is 88.9 cm³/mol. The fourth-order valence-corrected chi connectivity index (χ4v) is 4.16. The van der Waals surface area contributed by atoms with Gasteiger partial charge < -0.3 is 4.90 Å². The maximum absolute atomic E-state index is 13.0. The van der Waals surface area contributed by atoms with Crippen molar-refractivity contribution in [2.75, 3.05) is 19.0 Å². The zero-order valence-corrected chi connectivity index (χ0v) is 13.5. The molecule has 2 aromatic heterocycles. The van der Waals surface area contributed by atoms with Crippen molar-refractivity contribution < 1.29 is 4.39 Å². The van der Waals surface area contributed by atoms with Crippen LogP contribution in [0.3, 0.4) is 0 Å². The summed E-state index contributed by atoms with van der Waals surface area (Å²) >= 11 is 1.67.